The lowest BCUT2D eigenvalue weighted by Gasteiger charge is -2.35. The Hall–Kier alpha value is -3.53. The first-order valence-electron chi connectivity index (χ1n) is 21.8. The van der Waals surface area contributed by atoms with Crippen molar-refractivity contribution in [2.24, 2.45) is 0 Å². The number of alkyl halides is 3. The Kier molecular flexibility index (Phi) is 11.9. The quantitative estimate of drug-likeness (QED) is 0.0948. The molecule has 5 aromatic carbocycles. The highest BCUT2D eigenvalue weighted by atomic mass is 32.2. The van der Waals surface area contributed by atoms with Crippen molar-refractivity contribution in [2.45, 2.75) is 147 Å². The van der Waals surface area contributed by atoms with E-state index in [0.29, 0.717) is 6.54 Å². The zero-order valence-corrected chi connectivity index (χ0v) is 39.7. The second-order valence-electron chi connectivity index (χ2n) is 21.4. The number of nitrogens with one attached hydrogen (secondary N) is 1. The van der Waals surface area contributed by atoms with Gasteiger partial charge in [-0.1, -0.05) is 150 Å². The number of hydrogen-bond donors (Lipinski definition) is 1. The van der Waals surface area contributed by atoms with Crippen LogP contribution in [0.15, 0.2) is 102 Å². The molecule has 0 saturated heterocycles. The summed E-state index contributed by atoms with van der Waals surface area (Å²) in [5.74, 6) is 0.746. The molecule has 318 valence electrons. The number of fused-ring (bicyclic) bond motifs is 4. The minimum atomic E-state index is -4.33. The van der Waals surface area contributed by atoms with Crippen molar-refractivity contribution in [2.75, 3.05) is 17.6 Å². The maximum Gasteiger partial charge on any atom is 0.416 e. The number of thioether (sulfide) groups is 1. The third-order valence-corrected chi connectivity index (χ3v) is 16.2. The maximum absolute atomic E-state index is 13.2. The molecule has 7 rings (SSSR count). The molecule has 1 N–H and O–H groups in total. The lowest BCUT2D eigenvalue weighted by molar-refractivity contribution is -0.137. The van der Waals surface area contributed by atoms with Crippen molar-refractivity contribution >= 4 is 41.3 Å². The average molecular weight is 848 g/mol. The Morgan fingerprint density at radius 2 is 1.00 bits per heavy atom. The Balaban J connectivity index is 1.38. The standard InChI is InChI=1S/C54H65F3NPS/c1-49(2,3)38-29-39(50(4,5)6)32-42(31-38)59(43-33-40(51(7,8)9)30-41(34-43)52(10,11)12)46-18-14-16-36-24-26-53(48(36)46)25-23-35-15-13-17-45(47(35)53)58-27-28-60-44-21-19-37(20-22-44)54(55,56)57/h13-22,29-34,58H,23-28H2,1-12H3/t53-/m1/s1. The third kappa shape index (κ3) is 9.01. The molecule has 0 saturated carbocycles. The fourth-order valence-electron chi connectivity index (χ4n) is 9.24. The second kappa shape index (κ2) is 16.0. The van der Waals surface area contributed by atoms with E-state index in [4.69, 9.17) is 0 Å². The summed E-state index contributed by atoms with van der Waals surface area (Å²) in [6.45, 7) is 28.9. The zero-order chi connectivity index (χ0) is 43.6. The Bertz CT molecular complexity index is 2220. The summed E-state index contributed by atoms with van der Waals surface area (Å²) in [6, 6.07) is 34.6. The van der Waals surface area contributed by atoms with Crippen LogP contribution in [-0.4, -0.2) is 12.3 Å². The van der Waals surface area contributed by atoms with Crippen LogP contribution in [0.5, 0.6) is 0 Å². The monoisotopic (exact) mass is 847 g/mol. The van der Waals surface area contributed by atoms with E-state index in [1.165, 1.54) is 72.7 Å². The van der Waals surface area contributed by atoms with Crippen LogP contribution in [0.25, 0.3) is 0 Å². The Labute approximate surface area is 364 Å². The van der Waals surface area contributed by atoms with Gasteiger partial charge in [0.15, 0.2) is 0 Å². The highest BCUT2D eigenvalue weighted by molar-refractivity contribution is 7.99. The van der Waals surface area contributed by atoms with Crippen molar-refractivity contribution in [1.82, 2.24) is 0 Å². The van der Waals surface area contributed by atoms with E-state index >= 15 is 0 Å². The van der Waals surface area contributed by atoms with Crippen LogP contribution >= 0.6 is 19.7 Å². The number of anilines is 1. The minimum Gasteiger partial charge on any atom is -0.384 e. The summed E-state index contributed by atoms with van der Waals surface area (Å²) in [5, 5.41) is 8.18. The molecule has 5 aromatic rings. The molecule has 1 spiro atoms. The molecule has 0 bridgehead atoms. The van der Waals surface area contributed by atoms with Gasteiger partial charge >= 0.3 is 6.18 Å². The molecule has 0 radical (unpaired) electrons. The molecule has 2 aliphatic rings. The van der Waals surface area contributed by atoms with Gasteiger partial charge in [0, 0.05) is 28.3 Å². The number of halogens is 3. The largest absolute Gasteiger partial charge is 0.416 e. The van der Waals surface area contributed by atoms with Crippen molar-refractivity contribution in [1.29, 1.82) is 0 Å². The predicted octanol–water partition coefficient (Wildman–Crippen LogP) is 14.0. The topological polar surface area (TPSA) is 12.0 Å². The highest BCUT2D eigenvalue weighted by Crippen LogP contribution is 2.56. The summed E-state index contributed by atoms with van der Waals surface area (Å²) in [6.07, 6.45) is -0.0727. The summed E-state index contributed by atoms with van der Waals surface area (Å²) in [4.78, 5) is 0.845. The zero-order valence-electron chi connectivity index (χ0n) is 38.0. The van der Waals surface area contributed by atoms with Gasteiger partial charge in [0.25, 0.3) is 0 Å². The smallest absolute Gasteiger partial charge is 0.384 e. The molecule has 2 aliphatic carbocycles. The highest BCUT2D eigenvalue weighted by Gasteiger charge is 2.48. The molecular formula is C54H65F3NPS. The van der Waals surface area contributed by atoms with Gasteiger partial charge in [0.05, 0.1) is 5.56 Å². The molecule has 1 atom stereocenters. The maximum atomic E-state index is 13.2. The summed E-state index contributed by atoms with van der Waals surface area (Å²) in [5.41, 5.74) is 11.8. The number of rotatable bonds is 8. The van der Waals surface area contributed by atoms with Gasteiger partial charge in [0.1, 0.15) is 0 Å². The van der Waals surface area contributed by atoms with E-state index in [1.807, 2.05) is 0 Å². The second-order valence-corrected chi connectivity index (χ2v) is 24.8. The summed E-state index contributed by atoms with van der Waals surface area (Å²) in [7, 11) is -0.987. The molecular weight excluding hydrogens is 783 g/mol. The first-order chi connectivity index (χ1) is 27.9. The predicted molar refractivity (Wildman–Crippen MR) is 254 cm³/mol. The molecule has 0 aliphatic heterocycles. The van der Waals surface area contributed by atoms with Crippen LogP contribution in [0.4, 0.5) is 18.9 Å². The molecule has 6 heteroatoms. The van der Waals surface area contributed by atoms with Crippen LogP contribution < -0.4 is 21.2 Å². The first kappa shape index (κ1) is 44.5. The number of aryl methyl sites for hydroxylation is 2. The summed E-state index contributed by atoms with van der Waals surface area (Å²) < 4.78 is 39.6. The first-order valence-corrected chi connectivity index (χ1v) is 24.1. The molecule has 0 fully saturated rings. The van der Waals surface area contributed by atoms with Crippen LogP contribution in [0.2, 0.25) is 0 Å². The van der Waals surface area contributed by atoms with E-state index in [-0.39, 0.29) is 27.1 Å². The fourth-order valence-corrected chi connectivity index (χ4v) is 12.7. The average Bonchev–Trinajstić information content (AvgIpc) is 3.73. The van der Waals surface area contributed by atoms with Crippen LogP contribution in [0.3, 0.4) is 0 Å². The molecule has 60 heavy (non-hydrogen) atoms. The van der Waals surface area contributed by atoms with Crippen molar-refractivity contribution in [3.63, 3.8) is 0 Å². The molecule has 1 nitrogen and oxygen atoms in total. The van der Waals surface area contributed by atoms with Crippen LogP contribution in [0, 0.1) is 0 Å². The van der Waals surface area contributed by atoms with Crippen molar-refractivity contribution < 1.29 is 13.2 Å². The van der Waals surface area contributed by atoms with Gasteiger partial charge in [-0.25, -0.2) is 0 Å². The Morgan fingerprint density at radius 3 is 1.45 bits per heavy atom. The lowest BCUT2D eigenvalue weighted by Crippen LogP contribution is -2.33. The van der Waals surface area contributed by atoms with Crippen LogP contribution in [-0.2, 0) is 46.1 Å². The van der Waals surface area contributed by atoms with E-state index in [1.54, 1.807) is 29.5 Å². The van der Waals surface area contributed by atoms with Gasteiger partial charge in [-0.15, -0.1) is 11.8 Å². The van der Waals surface area contributed by atoms with Gasteiger partial charge in [-0.05, 0) is 146 Å². The molecule has 0 heterocycles. The van der Waals surface area contributed by atoms with Crippen molar-refractivity contribution in [3.05, 3.63) is 147 Å². The Morgan fingerprint density at radius 1 is 0.550 bits per heavy atom. The molecule has 0 amide bonds. The minimum absolute atomic E-state index is 0.0174. The summed E-state index contributed by atoms with van der Waals surface area (Å²) >= 11 is 1.59. The van der Waals surface area contributed by atoms with Crippen molar-refractivity contribution in [3.8, 4) is 0 Å². The third-order valence-electron chi connectivity index (χ3n) is 12.8. The van der Waals surface area contributed by atoms with E-state index in [0.717, 1.165) is 36.3 Å². The van der Waals surface area contributed by atoms with Crippen LogP contribution in [0.1, 0.15) is 146 Å². The van der Waals surface area contributed by atoms with Gasteiger partial charge in [-0.3, -0.25) is 0 Å². The SMILES string of the molecule is CC(C)(C)c1cc(P(c2cc(C(C)(C)C)cc(C(C)(C)C)c2)c2cccc3c2[C@]2(CCc4cccc(NCCSc5ccc(C(F)(F)F)cc5)c42)CC3)cc(C(C)(C)C)c1. The fraction of sp³-hybridized carbons (Fsp3) is 0.444. The number of benzene rings is 5. The lowest BCUT2D eigenvalue weighted by atomic mass is 9.76. The van der Waals surface area contributed by atoms with Gasteiger partial charge in [0.2, 0.25) is 0 Å². The van der Waals surface area contributed by atoms with Gasteiger partial charge < -0.3 is 5.32 Å². The van der Waals surface area contributed by atoms with E-state index in [9.17, 15) is 13.2 Å². The van der Waals surface area contributed by atoms with E-state index in [2.05, 4.69) is 161 Å². The van der Waals surface area contributed by atoms with Gasteiger partial charge in [-0.2, -0.15) is 13.2 Å². The molecule has 0 aromatic heterocycles. The van der Waals surface area contributed by atoms with E-state index < -0.39 is 19.7 Å². The molecule has 0 unspecified atom stereocenters. The normalized spacial score (nSPS) is 17.1. The number of hydrogen-bond acceptors (Lipinski definition) is 2.